The molecule has 0 aliphatic carbocycles. The van der Waals surface area contributed by atoms with Gasteiger partial charge in [0, 0.05) is 30.6 Å². The second-order valence-corrected chi connectivity index (χ2v) is 4.33. The summed E-state index contributed by atoms with van der Waals surface area (Å²) in [5, 5.41) is 16.4. The second kappa shape index (κ2) is 6.98. The van der Waals surface area contributed by atoms with Gasteiger partial charge < -0.3 is 10.6 Å². The zero-order valence-corrected chi connectivity index (χ0v) is 11.7. The first-order chi connectivity index (χ1) is 10.6. The average molecular weight is 298 g/mol. The third-order valence-corrected chi connectivity index (χ3v) is 2.78. The summed E-state index contributed by atoms with van der Waals surface area (Å²) in [4.78, 5) is 26.5. The Bertz CT molecular complexity index is 715. The molecule has 1 amide bonds. The minimum atomic E-state index is -0.485. The fourth-order valence-corrected chi connectivity index (χ4v) is 1.78. The van der Waals surface area contributed by atoms with Gasteiger partial charge >= 0.3 is 0 Å². The first-order valence-corrected chi connectivity index (χ1v) is 6.47. The van der Waals surface area contributed by atoms with E-state index < -0.39 is 4.92 Å². The lowest BCUT2D eigenvalue weighted by molar-refractivity contribution is -0.384. The smallest absolute Gasteiger partial charge is 0.271 e. The Morgan fingerprint density at radius 3 is 2.91 bits per heavy atom. The highest BCUT2D eigenvalue weighted by molar-refractivity contribution is 5.99. The molecule has 22 heavy (non-hydrogen) atoms. The van der Waals surface area contributed by atoms with Crippen molar-refractivity contribution in [2.24, 2.45) is 0 Å². The molecule has 2 rings (SSSR count). The number of nitrogens with zero attached hydrogens (tertiary/aromatic N) is 2. The molecule has 0 aliphatic heterocycles. The molecular weight excluding hydrogens is 284 g/mol. The van der Waals surface area contributed by atoms with Gasteiger partial charge in [-0.15, -0.1) is 6.58 Å². The van der Waals surface area contributed by atoms with E-state index in [1.54, 1.807) is 30.3 Å². The van der Waals surface area contributed by atoms with Crippen molar-refractivity contribution in [2.45, 2.75) is 0 Å². The Morgan fingerprint density at radius 2 is 2.18 bits per heavy atom. The van der Waals surface area contributed by atoms with Crippen molar-refractivity contribution in [3.63, 3.8) is 0 Å². The van der Waals surface area contributed by atoms with Gasteiger partial charge in [-0.3, -0.25) is 14.9 Å². The van der Waals surface area contributed by atoms with Gasteiger partial charge in [-0.2, -0.15) is 0 Å². The van der Waals surface area contributed by atoms with Gasteiger partial charge in [0.15, 0.2) is 0 Å². The van der Waals surface area contributed by atoms with Crippen LogP contribution in [-0.4, -0.2) is 22.4 Å². The average Bonchev–Trinajstić information content (AvgIpc) is 2.53. The quantitative estimate of drug-likeness (QED) is 0.485. The lowest BCUT2D eigenvalue weighted by Crippen LogP contribution is -2.24. The number of benzene rings is 1. The molecule has 0 aliphatic rings. The van der Waals surface area contributed by atoms with Gasteiger partial charge in [-0.25, -0.2) is 4.98 Å². The van der Waals surface area contributed by atoms with Crippen LogP contribution in [0.3, 0.4) is 0 Å². The van der Waals surface area contributed by atoms with E-state index in [1.807, 2.05) is 0 Å². The zero-order valence-electron chi connectivity index (χ0n) is 11.7. The number of hydrogen-bond acceptors (Lipinski definition) is 5. The molecule has 0 radical (unpaired) electrons. The molecule has 0 bridgehead atoms. The summed E-state index contributed by atoms with van der Waals surface area (Å²) in [5.74, 6) is 0.0190. The minimum absolute atomic E-state index is 0.0430. The predicted octanol–water partition coefficient (Wildman–Crippen LogP) is 2.65. The van der Waals surface area contributed by atoms with Gasteiger partial charge in [0.1, 0.15) is 5.82 Å². The number of anilines is 2. The third-order valence-electron chi connectivity index (χ3n) is 2.78. The van der Waals surface area contributed by atoms with Crippen LogP contribution in [-0.2, 0) is 0 Å². The number of hydrogen-bond donors (Lipinski definition) is 2. The molecule has 112 valence electrons. The Labute approximate surface area is 126 Å². The highest BCUT2D eigenvalue weighted by atomic mass is 16.6. The minimum Gasteiger partial charge on any atom is -0.348 e. The summed E-state index contributed by atoms with van der Waals surface area (Å²) in [5.41, 5.74) is 0.778. The molecule has 0 atom stereocenters. The normalized spacial score (nSPS) is 9.82. The molecule has 0 unspecified atom stereocenters. The van der Waals surface area contributed by atoms with Crippen molar-refractivity contribution in [1.82, 2.24) is 10.3 Å². The van der Waals surface area contributed by atoms with Crippen LogP contribution in [0.5, 0.6) is 0 Å². The van der Waals surface area contributed by atoms with E-state index in [0.717, 1.165) is 0 Å². The standard InChI is InChI=1S/C15H14N4O3/c1-2-8-17-15(20)13-7-4-9-16-14(13)18-11-5-3-6-12(10-11)19(21)22/h2-7,9-10H,1,8H2,(H,16,18)(H,17,20). The Kier molecular flexibility index (Phi) is 4.81. The molecule has 0 spiro atoms. The van der Waals surface area contributed by atoms with Crippen molar-refractivity contribution < 1.29 is 9.72 Å². The van der Waals surface area contributed by atoms with Gasteiger partial charge in [-0.05, 0) is 18.2 Å². The van der Waals surface area contributed by atoms with Crippen LogP contribution in [0.1, 0.15) is 10.4 Å². The van der Waals surface area contributed by atoms with Crippen molar-refractivity contribution >= 4 is 23.1 Å². The van der Waals surface area contributed by atoms with Crippen LogP contribution >= 0.6 is 0 Å². The summed E-state index contributed by atoms with van der Waals surface area (Å²) in [7, 11) is 0. The van der Waals surface area contributed by atoms with Crippen molar-refractivity contribution in [2.75, 3.05) is 11.9 Å². The largest absolute Gasteiger partial charge is 0.348 e. The molecule has 0 fully saturated rings. The first-order valence-electron chi connectivity index (χ1n) is 6.47. The number of carbonyl (C=O) groups excluding carboxylic acids is 1. The number of non-ortho nitro benzene ring substituents is 1. The summed E-state index contributed by atoms with van der Waals surface area (Å²) >= 11 is 0. The monoisotopic (exact) mass is 298 g/mol. The van der Waals surface area contributed by atoms with E-state index in [-0.39, 0.29) is 11.6 Å². The maximum absolute atomic E-state index is 12.0. The molecule has 7 nitrogen and oxygen atoms in total. The van der Waals surface area contributed by atoms with Gasteiger partial charge in [0.25, 0.3) is 11.6 Å². The number of rotatable bonds is 6. The fraction of sp³-hybridized carbons (Fsp3) is 0.0667. The zero-order chi connectivity index (χ0) is 15.9. The van der Waals surface area contributed by atoms with E-state index in [4.69, 9.17) is 0 Å². The Hall–Kier alpha value is -3.22. The van der Waals surface area contributed by atoms with E-state index >= 15 is 0 Å². The lowest BCUT2D eigenvalue weighted by atomic mass is 10.2. The first kappa shape index (κ1) is 15.2. The predicted molar refractivity (Wildman–Crippen MR) is 83.1 cm³/mol. The molecule has 0 saturated heterocycles. The molecule has 1 heterocycles. The van der Waals surface area contributed by atoms with E-state index in [9.17, 15) is 14.9 Å². The Morgan fingerprint density at radius 1 is 1.36 bits per heavy atom. The van der Waals surface area contributed by atoms with Crippen molar-refractivity contribution in [1.29, 1.82) is 0 Å². The summed E-state index contributed by atoms with van der Waals surface area (Å²) in [6.07, 6.45) is 3.10. The second-order valence-electron chi connectivity index (χ2n) is 4.33. The highest BCUT2D eigenvalue weighted by Crippen LogP contribution is 2.22. The molecule has 2 N–H and O–H groups in total. The van der Waals surface area contributed by atoms with Crippen molar-refractivity contribution in [3.05, 3.63) is 70.9 Å². The van der Waals surface area contributed by atoms with Crippen LogP contribution in [0.2, 0.25) is 0 Å². The molecule has 7 heteroatoms. The molecule has 1 aromatic heterocycles. The van der Waals surface area contributed by atoms with Crippen LogP contribution in [0.4, 0.5) is 17.2 Å². The van der Waals surface area contributed by atoms with Gasteiger partial charge in [0.2, 0.25) is 0 Å². The maximum atomic E-state index is 12.0. The Balaban J connectivity index is 2.26. The SMILES string of the molecule is C=CCNC(=O)c1cccnc1Nc1cccc([N+](=O)[O-])c1. The molecule has 2 aromatic rings. The van der Waals surface area contributed by atoms with Crippen LogP contribution in [0.25, 0.3) is 0 Å². The lowest BCUT2D eigenvalue weighted by Gasteiger charge is -2.10. The third kappa shape index (κ3) is 3.66. The van der Waals surface area contributed by atoms with Gasteiger partial charge in [-0.1, -0.05) is 12.1 Å². The van der Waals surface area contributed by atoms with Gasteiger partial charge in [0.05, 0.1) is 10.5 Å². The summed E-state index contributed by atoms with van der Waals surface area (Å²) in [6, 6.07) is 9.24. The van der Waals surface area contributed by atoms with E-state index in [0.29, 0.717) is 23.6 Å². The molecule has 1 aromatic carbocycles. The van der Waals surface area contributed by atoms with Crippen LogP contribution in [0.15, 0.2) is 55.3 Å². The molecule has 0 saturated carbocycles. The summed E-state index contributed by atoms with van der Waals surface area (Å²) in [6.45, 7) is 3.87. The fourth-order valence-electron chi connectivity index (χ4n) is 1.78. The topological polar surface area (TPSA) is 97.2 Å². The van der Waals surface area contributed by atoms with Crippen molar-refractivity contribution in [3.8, 4) is 0 Å². The maximum Gasteiger partial charge on any atom is 0.271 e. The number of pyridine rings is 1. The number of nitro groups is 1. The van der Waals surface area contributed by atoms with Crippen LogP contribution in [0, 0.1) is 10.1 Å². The summed E-state index contributed by atoms with van der Waals surface area (Å²) < 4.78 is 0. The van der Waals surface area contributed by atoms with E-state index in [1.165, 1.54) is 18.3 Å². The number of carbonyl (C=O) groups is 1. The molecular formula is C15H14N4O3. The number of aromatic nitrogens is 1. The highest BCUT2D eigenvalue weighted by Gasteiger charge is 2.13. The van der Waals surface area contributed by atoms with E-state index in [2.05, 4.69) is 22.2 Å². The number of nitro benzene ring substituents is 1. The number of nitrogens with one attached hydrogen (secondary N) is 2. The number of amides is 1. The van der Waals surface area contributed by atoms with Crippen LogP contribution < -0.4 is 10.6 Å².